The number of hydrogen-bond acceptors (Lipinski definition) is 7. The van der Waals surface area contributed by atoms with Gasteiger partial charge in [0, 0.05) is 25.9 Å². The summed E-state index contributed by atoms with van der Waals surface area (Å²) < 4.78 is 25.0. The largest absolute Gasteiger partial charge is 0.466 e. The van der Waals surface area contributed by atoms with Crippen molar-refractivity contribution in [2.45, 2.75) is 55.5 Å². The zero-order valence-corrected chi connectivity index (χ0v) is 23.9. The predicted molar refractivity (Wildman–Crippen MR) is 155 cm³/mol. The van der Waals surface area contributed by atoms with E-state index in [-0.39, 0.29) is 24.3 Å². The summed E-state index contributed by atoms with van der Waals surface area (Å²) in [5.74, 6) is 1.18. The molecule has 1 aliphatic carbocycles. The second-order valence-corrected chi connectivity index (χ2v) is 12.1. The molecule has 2 unspecified atom stereocenters. The number of anilines is 1. The van der Waals surface area contributed by atoms with Crippen LogP contribution in [0.3, 0.4) is 0 Å². The highest BCUT2D eigenvalue weighted by Crippen LogP contribution is 2.47. The SMILES string of the molecule is [C-]#[N+]C[C@H]1CN(c2nc(S(C)=O)nc3c2CCC2(CCCc4ccccc42)O3)CCN1C(=O)OCc1ccccc1. The van der Waals surface area contributed by atoms with Crippen molar-refractivity contribution in [3.63, 3.8) is 0 Å². The van der Waals surface area contributed by atoms with Gasteiger partial charge in [0.2, 0.25) is 17.6 Å². The first-order valence-corrected chi connectivity index (χ1v) is 15.6. The number of fused-ring (bicyclic) bond motifs is 3. The Kier molecular flexibility index (Phi) is 7.63. The van der Waals surface area contributed by atoms with Crippen LogP contribution >= 0.6 is 0 Å². The molecule has 3 heterocycles. The molecule has 6 rings (SSSR count). The molecule has 1 saturated heterocycles. The van der Waals surface area contributed by atoms with Crippen LogP contribution in [0.15, 0.2) is 59.8 Å². The van der Waals surface area contributed by atoms with Crippen molar-refractivity contribution in [1.82, 2.24) is 14.9 Å². The van der Waals surface area contributed by atoms with Crippen LogP contribution in [-0.4, -0.2) is 63.6 Å². The van der Waals surface area contributed by atoms with Gasteiger partial charge in [-0.05, 0) is 48.8 Å². The van der Waals surface area contributed by atoms with E-state index in [0.29, 0.717) is 31.3 Å². The van der Waals surface area contributed by atoms with Gasteiger partial charge < -0.3 is 19.2 Å². The topological polar surface area (TPSA) is 89.2 Å². The maximum Gasteiger partial charge on any atom is 0.410 e. The third-order valence-electron chi connectivity index (χ3n) is 8.31. The second kappa shape index (κ2) is 11.5. The minimum absolute atomic E-state index is 0.146. The van der Waals surface area contributed by atoms with Crippen molar-refractivity contribution < 1.29 is 18.5 Å². The van der Waals surface area contributed by atoms with E-state index in [1.807, 2.05) is 30.3 Å². The molecule has 0 saturated carbocycles. The van der Waals surface area contributed by atoms with Crippen LogP contribution in [0.5, 0.6) is 5.88 Å². The van der Waals surface area contributed by atoms with Crippen molar-refractivity contribution in [3.05, 3.63) is 88.3 Å². The van der Waals surface area contributed by atoms with Crippen molar-refractivity contribution in [3.8, 4) is 5.88 Å². The summed E-state index contributed by atoms with van der Waals surface area (Å²) in [5, 5.41) is 0.228. The third-order valence-corrected chi connectivity index (χ3v) is 9.01. The van der Waals surface area contributed by atoms with E-state index >= 15 is 0 Å². The van der Waals surface area contributed by atoms with Crippen molar-refractivity contribution in [2.24, 2.45) is 0 Å². The summed E-state index contributed by atoms with van der Waals surface area (Å²) in [6.07, 6.45) is 5.66. The summed E-state index contributed by atoms with van der Waals surface area (Å²) in [7, 11) is -1.41. The molecule has 0 radical (unpaired) electrons. The van der Waals surface area contributed by atoms with Gasteiger partial charge in [-0.25, -0.2) is 16.4 Å². The molecule has 3 aliphatic rings. The number of piperazine rings is 1. The average Bonchev–Trinajstić information content (AvgIpc) is 3.00. The average molecular weight is 572 g/mol. The maximum atomic E-state index is 13.0. The molecular weight excluding hydrogens is 538 g/mol. The number of amides is 1. The molecule has 3 aromatic rings. The summed E-state index contributed by atoms with van der Waals surface area (Å²) in [5.41, 5.74) is 3.89. The summed E-state index contributed by atoms with van der Waals surface area (Å²) in [6, 6.07) is 17.6. The first-order chi connectivity index (χ1) is 20.0. The summed E-state index contributed by atoms with van der Waals surface area (Å²) >= 11 is 0. The Bertz CT molecular complexity index is 1510. The molecule has 3 atom stereocenters. The lowest BCUT2D eigenvalue weighted by molar-refractivity contribution is 0.0191. The zero-order valence-electron chi connectivity index (χ0n) is 23.1. The van der Waals surface area contributed by atoms with Gasteiger partial charge in [0.1, 0.15) is 24.1 Å². The van der Waals surface area contributed by atoms with E-state index in [1.54, 1.807) is 11.2 Å². The Morgan fingerprint density at radius 3 is 2.73 bits per heavy atom. The van der Waals surface area contributed by atoms with Crippen molar-refractivity contribution in [2.75, 3.05) is 37.3 Å². The summed E-state index contributed by atoms with van der Waals surface area (Å²) in [6.45, 7) is 9.15. The number of rotatable bonds is 5. The number of aromatic nitrogens is 2. The molecule has 0 bridgehead atoms. The van der Waals surface area contributed by atoms with Crippen LogP contribution in [0.1, 0.15) is 41.5 Å². The van der Waals surface area contributed by atoms with E-state index in [9.17, 15) is 9.00 Å². The number of benzene rings is 2. The normalized spacial score (nSPS) is 22.2. The zero-order chi connectivity index (χ0) is 28.4. The highest BCUT2D eigenvalue weighted by molar-refractivity contribution is 7.84. The van der Waals surface area contributed by atoms with Crippen molar-refractivity contribution in [1.29, 1.82) is 0 Å². The number of nitrogens with zero attached hydrogens (tertiary/aromatic N) is 5. The lowest BCUT2D eigenvalue weighted by Gasteiger charge is -2.44. The first-order valence-electron chi connectivity index (χ1n) is 14.0. The molecule has 1 spiro atoms. The first kappa shape index (κ1) is 27.2. The molecule has 10 heteroatoms. The molecule has 0 N–H and O–H groups in total. The number of ether oxygens (including phenoxy) is 2. The van der Waals surface area contributed by atoms with Crippen LogP contribution in [0.25, 0.3) is 4.85 Å². The molecular formula is C31H33N5O4S. The molecule has 212 valence electrons. The van der Waals surface area contributed by atoms with Gasteiger partial charge in [-0.3, -0.25) is 9.11 Å². The maximum absolute atomic E-state index is 13.0. The number of carbonyl (C=O) groups excluding carboxylic acids is 1. The van der Waals surface area contributed by atoms with Crippen LogP contribution < -0.4 is 9.64 Å². The van der Waals surface area contributed by atoms with Gasteiger partial charge in [-0.2, -0.15) is 4.98 Å². The fraction of sp³-hybridized carbons (Fsp3) is 0.419. The molecule has 41 heavy (non-hydrogen) atoms. The lowest BCUT2D eigenvalue weighted by Crippen LogP contribution is -2.57. The van der Waals surface area contributed by atoms with Crippen molar-refractivity contribution >= 4 is 22.7 Å². The lowest BCUT2D eigenvalue weighted by atomic mass is 9.75. The molecule has 2 aromatic carbocycles. The van der Waals surface area contributed by atoms with Gasteiger partial charge in [0.05, 0.1) is 16.4 Å². The second-order valence-electron chi connectivity index (χ2n) is 10.8. The molecule has 1 aromatic heterocycles. The summed E-state index contributed by atoms with van der Waals surface area (Å²) in [4.78, 5) is 29.8. The van der Waals surface area contributed by atoms with Crippen LogP contribution in [0.4, 0.5) is 10.6 Å². The van der Waals surface area contributed by atoms with Crippen LogP contribution in [0, 0.1) is 6.57 Å². The Labute approximate surface area is 242 Å². The monoisotopic (exact) mass is 571 g/mol. The van der Waals surface area contributed by atoms with Gasteiger partial charge in [-0.15, -0.1) is 0 Å². The highest BCUT2D eigenvalue weighted by Gasteiger charge is 2.44. The van der Waals surface area contributed by atoms with E-state index in [4.69, 9.17) is 21.0 Å². The fourth-order valence-electron chi connectivity index (χ4n) is 6.29. The smallest absolute Gasteiger partial charge is 0.410 e. The van der Waals surface area contributed by atoms with Gasteiger partial charge in [-0.1, -0.05) is 54.6 Å². The quantitative estimate of drug-likeness (QED) is 0.329. The third kappa shape index (κ3) is 5.38. The van der Waals surface area contributed by atoms with E-state index in [1.165, 1.54) is 11.1 Å². The minimum atomic E-state index is -1.41. The van der Waals surface area contributed by atoms with Gasteiger partial charge >= 0.3 is 6.09 Å². The number of hydrogen-bond donors (Lipinski definition) is 0. The van der Waals surface area contributed by atoms with E-state index in [2.05, 4.69) is 39.0 Å². The van der Waals surface area contributed by atoms with E-state index in [0.717, 1.165) is 43.2 Å². The van der Waals surface area contributed by atoms with Crippen LogP contribution in [-0.2, 0) is 40.6 Å². The van der Waals surface area contributed by atoms with Gasteiger partial charge in [0.15, 0.2) is 0 Å². The Morgan fingerprint density at radius 1 is 1.12 bits per heavy atom. The van der Waals surface area contributed by atoms with E-state index < -0.39 is 22.5 Å². The van der Waals surface area contributed by atoms with Gasteiger partial charge in [0.25, 0.3) is 0 Å². The highest BCUT2D eigenvalue weighted by atomic mass is 32.2. The minimum Gasteiger partial charge on any atom is -0.466 e. The Morgan fingerprint density at radius 2 is 1.93 bits per heavy atom. The number of aryl methyl sites for hydroxylation is 1. The predicted octanol–water partition coefficient (Wildman–Crippen LogP) is 4.52. The molecule has 2 aliphatic heterocycles. The molecule has 9 nitrogen and oxygen atoms in total. The Hall–Kier alpha value is -3.97. The standard InChI is InChI=1S/C31H33N5O4S/c1-32-19-24-20-35(17-18-36(24)30(37)39-21-22-9-4-3-5-10-22)27-25-14-16-31(40-28(25)34-29(33-27)41(2)38)15-8-12-23-11-6-7-13-26(23)31/h3-7,9-11,13,24H,8,12,14-21H2,2H3/t24-,31?,41?/m0/s1. The molecule has 1 fully saturated rings. The fourth-order valence-corrected chi connectivity index (χ4v) is 6.72. The van der Waals surface area contributed by atoms with Crippen LogP contribution in [0.2, 0.25) is 0 Å². The Balaban J connectivity index is 1.26. The number of carbonyl (C=O) groups is 1. The molecule has 1 amide bonds.